The number of benzene rings is 1. The van der Waals surface area contributed by atoms with Gasteiger partial charge in [-0.1, -0.05) is 0 Å². The summed E-state index contributed by atoms with van der Waals surface area (Å²) >= 11 is 0. The Bertz CT molecular complexity index is 583. The number of fused-ring (bicyclic) bond motifs is 1. The second-order valence-electron chi connectivity index (χ2n) is 6.62. The van der Waals surface area contributed by atoms with E-state index >= 15 is 0 Å². The fraction of sp³-hybridized carbons (Fsp3) is 0.611. The van der Waals surface area contributed by atoms with Gasteiger partial charge in [0.05, 0.1) is 13.7 Å². The van der Waals surface area contributed by atoms with Crippen LogP contribution in [0.25, 0.3) is 0 Å². The Labute approximate surface area is 137 Å². The molecule has 4 nitrogen and oxygen atoms in total. The molecule has 1 amide bonds. The first kappa shape index (κ1) is 16.2. The highest BCUT2D eigenvalue weighted by Gasteiger charge is 2.33. The standard InChI is InChI=1S/C18H25FN2O2/c1-20-18(22)11-21-7-5-12(6-8-21)14-4-3-13-9-16(19)17(23-2)10-15(13)14/h9-10,12,14H,3-8,11H2,1-2H3,(H,20,22). The molecular formula is C18H25FN2O2. The number of amides is 1. The second kappa shape index (κ2) is 6.87. The lowest BCUT2D eigenvalue weighted by Gasteiger charge is -2.34. The number of carbonyl (C=O) groups is 1. The van der Waals surface area contributed by atoms with E-state index in [1.54, 1.807) is 13.1 Å². The van der Waals surface area contributed by atoms with Crippen LogP contribution in [0.5, 0.6) is 5.75 Å². The summed E-state index contributed by atoms with van der Waals surface area (Å²) in [5.74, 6) is 1.30. The molecule has 1 aromatic carbocycles. The minimum absolute atomic E-state index is 0.0786. The van der Waals surface area contributed by atoms with Gasteiger partial charge in [0, 0.05) is 7.05 Å². The zero-order chi connectivity index (χ0) is 16.4. The summed E-state index contributed by atoms with van der Waals surface area (Å²) in [5, 5.41) is 2.68. The highest BCUT2D eigenvalue weighted by Crippen LogP contribution is 2.44. The van der Waals surface area contributed by atoms with E-state index < -0.39 is 0 Å². The third kappa shape index (κ3) is 3.34. The number of halogens is 1. The number of piperidine rings is 1. The van der Waals surface area contributed by atoms with Crippen LogP contribution < -0.4 is 10.1 Å². The van der Waals surface area contributed by atoms with E-state index in [0.29, 0.717) is 24.1 Å². The monoisotopic (exact) mass is 320 g/mol. The maximum Gasteiger partial charge on any atom is 0.233 e. The number of ether oxygens (including phenoxy) is 1. The lowest BCUT2D eigenvalue weighted by molar-refractivity contribution is -0.122. The van der Waals surface area contributed by atoms with E-state index in [4.69, 9.17) is 4.74 Å². The van der Waals surface area contributed by atoms with Gasteiger partial charge in [0.2, 0.25) is 5.91 Å². The molecule has 1 fully saturated rings. The van der Waals surface area contributed by atoms with Crippen molar-refractivity contribution in [2.24, 2.45) is 5.92 Å². The van der Waals surface area contributed by atoms with Crippen LogP contribution in [0.4, 0.5) is 4.39 Å². The summed E-state index contributed by atoms with van der Waals surface area (Å²) in [6.07, 6.45) is 4.25. The van der Waals surface area contributed by atoms with Gasteiger partial charge in [-0.2, -0.15) is 0 Å². The van der Waals surface area contributed by atoms with Crippen LogP contribution in [-0.4, -0.2) is 44.6 Å². The molecule has 1 unspecified atom stereocenters. The van der Waals surface area contributed by atoms with Crippen LogP contribution in [0, 0.1) is 11.7 Å². The zero-order valence-corrected chi connectivity index (χ0v) is 13.9. The minimum atomic E-state index is -0.257. The van der Waals surface area contributed by atoms with Crippen molar-refractivity contribution in [3.05, 3.63) is 29.1 Å². The molecule has 1 saturated heterocycles. The molecular weight excluding hydrogens is 295 g/mol. The van der Waals surface area contributed by atoms with Crippen molar-refractivity contribution < 1.29 is 13.9 Å². The molecule has 2 aliphatic rings. The van der Waals surface area contributed by atoms with Crippen molar-refractivity contribution >= 4 is 5.91 Å². The maximum atomic E-state index is 13.9. The molecule has 126 valence electrons. The van der Waals surface area contributed by atoms with Crippen LogP contribution in [0.3, 0.4) is 0 Å². The Morgan fingerprint density at radius 1 is 1.35 bits per heavy atom. The van der Waals surface area contributed by atoms with Crippen LogP contribution in [0.2, 0.25) is 0 Å². The fourth-order valence-electron chi connectivity index (χ4n) is 4.08. The molecule has 1 N–H and O–H groups in total. The van der Waals surface area contributed by atoms with Crippen molar-refractivity contribution in [3.63, 3.8) is 0 Å². The average Bonchev–Trinajstić information content (AvgIpc) is 2.97. The Kier molecular flexibility index (Phi) is 4.85. The molecule has 5 heteroatoms. The van der Waals surface area contributed by atoms with Crippen molar-refractivity contribution in [3.8, 4) is 5.75 Å². The van der Waals surface area contributed by atoms with E-state index in [1.807, 2.05) is 6.07 Å². The molecule has 0 radical (unpaired) electrons. The molecule has 0 spiro atoms. The molecule has 23 heavy (non-hydrogen) atoms. The first-order valence-corrected chi connectivity index (χ1v) is 8.41. The van der Waals surface area contributed by atoms with Gasteiger partial charge in [0.1, 0.15) is 0 Å². The minimum Gasteiger partial charge on any atom is -0.494 e. The average molecular weight is 320 g/mol. The molecule has 0 saturated carbocycles. The topological polar surface area (TPSA) is 41.6 Å². The largest absolute Gasteiger partial charge is 0.494 e. The van der Waals surface area contributed by atoms with E-state index in [0.717, 1.165) is 44.3 Å². The van der Waals surface area contributed by atoms with Gasteiger partial charge < -0.3 is 10.1 Å². The fourth-order valence-corrected chi connectivity index (χ4v) is 4.08. The summed E-state index contributed by atoms with van der Waals surface area (Å²) in [6, 6.07) is 3.55. The predicted molar refractivity (Wildman–Crippen MR) is 87.2 cm³/mol. The Morgan fingerprint density at radius 3 is 2.74 bits per heavy atom. The summed E-state index contributed by atoms with van der Waals surface area (Å²) < 4.78 is 19.0. The van der Waals surface area contributed by atoms with Gasteiger partial charge in [-0.05, 0) is 73.9 Å². The molecule has 1 heterocycles. The van der Waals surface area contributed by atoms with E-state index in [9.17, 15) is 9.18 Å². The SMILES string of the molecule is CNC(=O)CN1CCC(C2CCc3cc(F)c(OC)cc32)CC1. The molecule has 1 aliphatic heterocycles. The number of methoxy groups -OCH3 is 1. The highest BCUT2D eigenvalue weighted by molar-refractivity contribution is 5.77. The zero-order valence-electron chi connectivity index (χ0n) is 13.9. The van der Waals surface area contributed by atoms with Crippen LogP contribution in [0.15, 0.2) is 12.1 Å². The Balaban J connectivity index is 1.66. The van der Waals surface area contributed by atoms with Crippen LogP contribution in [-0.2, 0) is 11.2 Å². The number of hydrogen-bond acceptors (Lipinski definition) is 3. The summed E-state index contributed by atoms with van der Waals surface area (Å²) in [4.78, 5) is 13.7. The molecule has 0 aromatic heterocycles. The van der Waals surface area contributed by atoms with E-state index in [2.05, 4.69) is 10.2 Å². The van der Waals surface area contributed by atoms with Crippen LogP contribution >= 0.6 is 0 Å². The van der Waals surface area contributed by atoms with Gasteiger partial charge in [-0.3, -0.25) is 9.69 Å². The number of likely N-dealkylation sites (tertiary alicyclic amines) is 1. The lowest BCUT2D eigenvalue weighted by Crippen LogP contribution is -2.41. The van der Waals surface area contributed by atoms with Gasteiger partial charge in [-0.25, -0.2) is 4.39 Å². The van der Waals surface area contributed by atoms with E-state index in [-0.39, 0.29) is 11.7 Å². The maximum absolute atomic E-state index is 13.9. The van der Waals surface area contributed by atoms with Crippen molar-refractivity contribution in [1.82, 2.24) is 10.2 Å². The summed E-state index contributed by atoms with van der Waals surface area (Å²) in [5.41, 5.74) is 2.41. The highest BCUT2D eigenvalue weighted by atomic mass is 19.1. The smallest absolute Gasteiger partial charge is 0.233 e. The molecule has 1 aliphatic carbocycles. The number of hydrogen-bond donors (Lipinski definition) is 1. The predicted octanol–water partition coefficient (Wildman–Crippen LogP) is 2.32. The second-order valence-corrected chi connectivity index (χ2v) is 6.62. The Hall–Kier alpha value is -1.62. The van der Waals surface area contributed by atoms with Crippen molar-refractivity contribution in [2.45, 2.75) is 31.6 Å². The van der Waals surface area contributed by atoms with E-state index in [1.165, 1.54) is 12.7 Å². The van der Waals surface area contributed by atoms with Crippen molar-refractivity contribution in [1.29, 1.82) is 0 Å². The normalized spacial score (nSPS) is 22.0. The number of carbonyl (C=O) groups excluding carboxylic acids is 1. The summed E-state index contributed by atoms with van der Waals surface area (Å²) in [7, 11) is 3.20. The number of aryl methyl sites for hydroxylation is 1. The number of rotatable bonds is 4. The molecule has 1 atom stereocenters. The van der Waals surface area contributed by atoms with Crippen LogP contribution in [0.1, 0.15) is 36.3 Å². The quantitative estimate of drug-likeness (QED) is 0.926. The van der Waals surface area contributed by atoms with Gasteiger partial charge >= 0.3 is 0 Å². The third-order valence-electron chi connectivity index (χ3n) is 5.39. The van der Waals surface area contributed by atoms with Gasteiger partial charge in [-0.15, -0.1) is 0 Å². The Morgan fingerprint density at radius 2 is 2.09 bits per heavy atom. The van der Waals surface area contributed by atoms with Gasteiger partial charge in [0.15, 0.2) is 11.6 Å². The molecule has 1 aromatic rings. The first-order valence-electron chi connectivity index (χ1n) is 8.41. The molecule has 3 rings (SSSR count). The summed E-state index contributed by atoms with van der Waals surface area (Å²) in [6.45, 7) is 2.41. The third-order valence-corrected chi connectivity index (χ3v) is 5.39. The molecule has 0 bridgehead atoms. The first-order chi connectivity index (χ1) is 11.1. The van der Waals surface area contributed by atoms with Gasteiger partial charge in [0.25, 0.3) is 0 Å². The number of nitrogens with zero attached hydrogens (tertiary/aromatic N) is 1. The lowest BCUT2D eigenvalue weighted by atomic mass is 9.81. The number of nitrogens with one attached hydrogen (secondary N) is 1. The number of likely N-dealkylation sites (N-methyl/N-ethyl adjacent to an activating group) is 1. The van der Waals surface area contributed by atoms with Crippen molar-refractivity contribution in [2.75, 3.05) is 33.8 Å².